The average Bonchev–Trinajstić information content (AvgIpc) is 2.75. The van der Waals surface area contributed by atoms with Crippen LogP contribution in [0.1, 0.15) is 11.3 Å². The second kappa shape index (κ2) is 6.16. The molecule has 19 heavy (non-hydrogen) atoms. The lowest BCUT2D eigenvalue weighted by Gasteiger charge is -2.11. The zero-order valence-electron chi connectivity index (χ0n) is 10.6. The molecule has 0 saturated heterocycles. The Balaban J connectivity index is 2.05. The summed E-state index contributed by atoms with van der Waals surface area (Å²) in [5, 5.41) is 7.51. The second-order valence-corrected chi connectivity index (χ2v) is 5.53. The van der Waals surface area contributed by atoms with E-state index >= 15 is 0 Å². The van der Waals surface area contributed by atoms with E-state index in [4.69, 9.17) is 18.0 Å². The van der Waals surface area contributed by atoms with Crippen LogP contribution >= 0.6 is 28.1 Å². The van der Waals surface area contributed by atoms with Gasteiger partial charge in [0.2, 0.25) is 0 Å². The third-order valence-corrected chi connectivity index (χ3v) is 3.58. The van der Waals surface area contributed by atoms with Gasteiger partial charge in [-0.25, -0.2) is 0 Å². The first-order valence-electron chi connectivity index (χ1n) is 5.88. The van der Waals surface area contributed by atoms with E-state index in [9.17, 15) is 0 Å². The van der Waals surface area contributed by atoms with Crippen LogP contribution in [-0.2, 0) is 13.5 Å². The van der Waals surface area contributed by atoms with Gasteiger partial charge in [0, 0.05) is 47.6 Å². The predicted octanol–water partition coefficient (Wildman–Crippen LogP) is 2.47. The van der Waals surface area contributed by atoms with Crippen molar-refractivity contribution in [2.75, 3.05) is 11.9 Å². The Morgan fingerprint density at radius 2 is 2.26 bits per heavy atom. The molecule has 0 amide bonds. The maximum absolute atomic E-state index is 5.72. The average molecular weight is 339 g/mol. The lowest BCUT2D eigenvalue weighted by Crippen LogP contribution is -2.15. The van der Waals surface area contributed by atoms with E-state index in [1.165, 1.54) is 5.69 Å². The van der Waals surface area contributed by atoms with Gasteiger partial charge in [0.05, 0.1) is 0 Å². The van der Waals surface area contributed by atoms with Gasteiger partial charge in [0.25, 0.3) is 0 Å². The molecular formula is C13H15BrN4S. The van der Waals surface area contributed by atoms with E-state index in [1.54, 1.807) is 6.20 Å². The molecule has 2 rings (SSSR count). The normalized spacial score (nSPS) is 10.4. The molecule has 0 spiro atoms. The quantitative estimate of drug-likeness (QED) is 0.822. The van der Waals surface area contributed by atoms with Crippen LogP contribution in [0.15, 0.2) is 34.9 Å². The van der Waals surface area contributed by atoms with Crippen LogP contribution in [0.25, 0.3) is 0 Å². The third kappa shape index (κ3) is 3.54. The highest BCUT2D eigenvalue weighted by Gasteiger charge is 2.06. The molecule has 0 bridgehead atoms. The maximum Gasteiger partial charge on any atom is 0.106 e. The number of rotatable bonds is 5. The van der Waals surface area contributed by atoms with Crippen molar-refractivity contribution >= 4 is 38.8 Å². The van der Waals surface area contributed by atoms with Gasteiger partial charge >= 0.3 is 0 Å². The summed E-state index contributed by atoms with van der Waals surface area (Å²) in [5.74, 6) is 0. The number of aromatic nitrogens is 2. The molecule has 0 radical (unpaired) electrons. The minimum absolute atomic E-state index is 0.399. The zero-order chi connectivity index (χ0) is 13.8. The van der Waals surface area contributed by atoms with Crippen LogP contribution in [0.4, 0.5) is 5.69 Å². The first kappa shape index (κ1) is 14.0. The van der Waals surface area contributed by atoms with Crippen molar-refractivity contribution in [2.24, 2.45) is 12.8 Å². The Hall–Kier alpha value is -1.40. The summed E-state index contributed by atoms with van der Waals surface area (Å²) in [4.78, 5) is 0.399. The Labute approximate surface area is 126 Å². The lowest BCUT2D eigenvalue weighted by atomic mass is 10.1. The molecule has 0 atom stereocenters. The SMILES string of the molecule is Cn1nccc1CCNc1cc(Br)ccc1C(N)=S. The van der Waals surface area contributed by atoms with Gasteiger partial charge in [-0.05, 0) is 24.3 Å². The number of nitrogens with two attached hydrogens (primary N) is 1. The number of thiocarbonyl (C=S) groups is 1. The van der Waals surface area contributed by atoms with Crippen LogP contribution in [-0.4, -0.2) is 21.3 Å². The van der Waals surface area contributed by atoms with Crippen LogP contribution < -0.4 is 11.1 Å². The first-order valence-corrected chi connectivity index (χ1v) is 7.08. The van der Waals surface area contributed by atoms with Crippen molar-refractivity contribution in [2.45, 2.75) is 6.42 Å². The molecule has 1 aromatic heterocycles. The highest BCUT2D eigenvalue weighted by molar-refractivity contribution is 9.10. The molecule has 0 aliphatic heterocycles. The van der Waals surface area contributed by atoms with E-state index in [2.05, 4.69) is 26.3 Å². The molecule has 4 nitrogen and oxygen atoms in total. The van der Waals surface area contributed by atoms with Crippen LogP contribution in [0.3, 0.4) is 0 Å². The van der Waals surface area contributed by atoms with E-state index in [1.807, 2.05) is 36.0 Å². The summed E-state index contributed by atoms with van der Waals surface area (Å²) in [5.41, 5.74) is 8.71. The van der Waals surface area contributed by atoms with Gasteiger partial charge < -0.3 is 11.1 Å². The summed E-state index contributed by atoms with van der Waals surface area (Å²) in [6.45, 7) is 0.797. The molecule has 0 aliphatic rings. The minimum Gasteiger partial charge on any atom is -0.389 e. The Morgan fingerprint density at radius 1 is 1.47 bits per heavy atom. The van der Waals surface area contributed by atoms with Gasteiger partial charge in [-0.1, -0.05) is 28.1 Å². The van der Waals surface area contributed by atoms with Crippen molar-refractivity contribution in [1.29, 1.82) is 0 Å². The Morgan fingerprint density at radius 3 is 2.89 bits per heavy atom. The predicted molar refractivity (Wildman–Crippen MR) is 85.4 cm³/mol. The van der Waals surface area contributed by atoms with Gasteiger partial charge in [-0.3, -0.25) is 4.68 Å². The molecule has 100 valence electrons. The molecule has 6 heteroatoms. The summed E-state index contributed by atoms with van der Waals surface area (Å²) < 4.78 is 2.87. The standard InChI is InChI=1S/C13H15BrN4S/c1-18-10(5-7-17-18)4-6-16-12-8-9(14)2-3-11(12)13(15)19/h2-3,5,7-8,16H,4,6H2,1H3,(H2,15,19). The molecule has 1 heterocycles. The fourth-order valence-corrected chi connectivity index (χ4v) is 2.39. The van der Waals surface area contributed by atoms with Gasteiger partial charge in [-0.2, -0.15) is 5.10 Å². The van der Waals surface area contributed by atoms with E-state index in [0.29, 0.717) is 4.99 Å². The smallest absolute Gasteiger partial charge is 0.106 e. The molecular weight excluding hydrogens is 324 g/mol. The third-order valence-electron chi connectivity index (χ3n) is 2.87. The Bertz CT molecular complexity index is 594. The number of aryl methyl sites for hydroxylation is 1. The number of anilines is 1. The topological polar surface area (TPSA) is 55.9 Å². The van der Waals surface area contributed by atoms with Crippen molar-refractivity contribution < 1.29 is 0 Å². The molecule has 0 saturated carbocycles. The number of hydrogen-bond donors (Lipinski definition) is 2. The van der Waals surface area contributed by atoms with Gasteiger partial charge in [0.1, 0.15) is 4.99 Å². The van der Waals surface area contributed by atoms with Crippen molar-refractivity contribution in [3.8, 4) is 0 Å². The maximum atomic E-state index is 5.72. The fraction of sp³-hybridized carbons (Fsp3) is 0.231. The molecule has 3 N–H and O–H groups in total. The monoisotopic (exact) mass is 338 g/mol. The van der Waals surface area contributed by atoms with E-state index in [-0.39, 0.29) is 0 Å². The molecule has 2 aromatic rings. The minimum atomic E-state index is 0.399. The zero-order valence-corrected chi connectivity index (χ0v) is 13.0. The summed E-state index contributed by atoms with van der Waals surface area (Å²) in [7, 11) is 1.94. The lowest BCUT2D eigenvalue weighted by molar-refractivity contribution is 0.711. The number of benzene rings is 1. The number of hydrogen-bond acceptors (Lipinski definition) is 3. The van der Waals surface area contributed by atoms with Crippen LogP contribution in [0.2, 0.25) is 0 Å². The highest BCUT2D eigenvalue weighted by atomic mass is 79.9. The molecule has 0 unspecified atom stereocenters. The fourth-order valence-electron chi connectivity index (χ4n) is 1.85. The van der Waals surface area contributed by atoms with E-state index in [0.717, 1.165) is 28.7 Å². The second-order valence-electron chi connectivity index (χ2n) is 4.18. The Kier molecular flexibility index (Phi) is 4.55. The van der Waals surface area contributed by atoms with Gasteiger partial charge in [-0.15, -0.1) is 0 Å². The first-order chi connectivity index (χ1) is 9.08. The van der Waals surface area contributed by atoms with Gasteiger partial charge in [0.15, 0.2) is 0 Å². The van der Waals surface area contributed by atoms with Crippen LogP contribution in [0.5, 0.6) is 0 Å². The largest absolute Gasteiger partial charge is 0.389 e. The number of nitrogens with zero attached hydrogens (tertiary/aromatic N) is 2. The molecule has 0 aliphatic carbocycles. The van der Waals surface area contributed by atoms with Crippen molar-refractivity contribution in [3.05, 3.63) is 46.2 Å². The number of nitrogens with one attached hydrogen (secondary N) is 1. The summed E-state index contributed by atoms with van der Waals surface area (Å²) in [6.07, 6.45) is 2.69. The van der Waals surface area contributed by atoms with E-state index < -0.39 is 0 Å². The molecule has 0 fully saturated rings. The van der Waals surface area contributed by atoms with Crippen molar-refractivity contribution in [3.63, 3.8) is 0 Å². The summed E-state index contributed by atoms with van der Waals surface area (Å²) in [6, 6.07) is 7.84. The summed E-state index contributed by atoms with van der Waals surface area (Å²) >= 11 is 8.50. The highest BCUT2D eigenvalue weighted by Crippen LogP contribution is 2.21. The van der Waals surface area contributed by atoms with Crippen LogP contribution in [0, 0.1) is 0 Å². The molecule has 1 aromatic carbocycles. The van der Waals surface area contributed by atoms with Crippen molar-refractivity contribution in [1.82, 2.24) is 9.78 Å². The number of halogens is 1.